The molecule has 4 nitrogen and oxygen atoms in total. The minimum absolute atomic E-state index is 0. The number of furan rings is 1. The molecular formula is C47H39GeIrN3O-2. The molecule has 0 spiro atoms. The van der Waals surface area contributed by atoms with Crippen LogP contribution in [-0.4, -0.2) is 27.8 Å². The van der Waals surface area contributed by atoms with Crippen LogP contribution in [0.4, 0.5) is 0 Å². The summed E-state index contributed by atoms with van der Waals surface area (Å²) in [5.74, 6) is 7.94. The van der Waals surface area contributed by atoms with E-state index in [4.69, 9.17) is 13.5 Å². The van der Waals surface area contributed by atoms with Gasteiger partial charge >= 0.3 is 99.8 Å². The Morgan fingerprint density at radius 1 is 0.717 bits per heavy atom. The number of hydrogen-bond acceptors (Lipinski definition) is 3. The summed E-state index contributed by atoms with van der Waals surface area (Å²) in [6.45, 7) is -1.47. The van der Waals surface area contributed by atoms with Gasteiger partial charge in [-0.15, -0.1) is 18.2 Å². The Balaban J connectivity index is 0.000000238. The molecule has 0 aliphatic heterocycles. The van der Waals surface area contributed by atoms with Crippen molar-refractivity contribution in [1.82, 2.24) is 14.5 Å². The number of hydrogen-bond donors (Lipinski definition) is 0. The van der Waals surface area contributed by atoms with Crippen molar-refractivity contribution >= 4 is 50.6 Å². The largest absolute Gasteiger partial charge is 0 e. The Hall–Kier alpha value is -5.07. The molecule has 263 valence electrons. The number of benzene rings is 6. The van der Waals surface area contributed by atoms with Gasteiger partial charge in [-0.05, 0) is 30.1 Å². The number of para-hydroxylation sites is 3. The van der Waals surface area contributed by atoms with E-state index in [-0.39, 0.29) is 20.1 Å². The predicted molar refractivity (Wildman–Crippen MR) is 218 cm³/mol. The minimum Gasteiger partial charge on any atom is 0 e. The molecule has 0 N–H and O–H groups in total. The summed E-state index contributed by atoms with van der Waals surface area (Å²) < 4.78 is 33.4. The van der Waals surface area contributed by atoms with Gasteiger partial charge in [0.15, 0.2) is 0 Å². The van der Waals surface area contributed by atoms with Crippen LogP contribution in [-0.2, 0) is 26.7 Å². The van der Waals surface area contributed by atoms with E-state index in [1.54, 1.807) is 12.1 Å². The van der Waals surface area contributed by atoms with Crippen molar-refractivity contribution in [2.75, 3.05) is 0 Å². The van der Waals surface area contributed by atoms with Crippen LogP contribution in [0.3, 0.4) is 0 Å². The fourth-order valence-corrected chi connectivity index (χ4v) is 8.72. The van der Waals surface area contributed by atoms with E-state index in [9.17, 15) is 0 Å². The third-order valence-corrected chi connectivity index (χ3v) is 13.6. The van der Waals surface area contributed by atoms with Crippen molar-refractivity contribution in [3.63, 3.8) is 0 Å². The van der Waals surface area contributed by atoms with Crippen LogP contribution in [0.25, 0.3) is 66.7 Å². The molecule has 0 amide bonds. The molecule has 9 rings (SSSR count). The zero-order valence-electron chi connectivity index (χ0n) is 32.7. The van der Waals surface area contributed by atoms with Gasteiger partial charge < -0.3 is 8.98 Å². The number of nitrogens with zero attached hydrogens (tertiary/aromatic N) is 3. The van der Waals surface area contributed by atoms with Gasteiger partial charge in [-0.25, -0.2) is 0 Å². The molecule has 0 aliphatic carbocycles. The Bertz CT molecular complexity index is 2740. The van der Waals surface area contributed by atoms with E-state index < -0.39 is 20.1 Å². The van der Waals surface area contributed by atoms with Gasteiger partial charge in [0.2, 0.25) is 0 Å². The van der Waals surface area contributed by atoms with Gasteiger partial charge in [-0.3, -0.25) is 4.98 Å². The summed E-state index contributed by atoms with van der Waals surface area (Å²) in [6, 6.07) is 54.4. The summed E-state index contributed by atoms with van der Waals surface area (Å²) in [6.07, 6.45) is 2.04. The molecule has 0 bridgehead atoms. The average molecular weight is 930 g/mol. The number of rotatable bonds is 6. The van der Waals surface area contributed by atoms with Gasteiger partial charge in [-0.2, -0.15) is 0 Å². The number of aryl methyl sites for hydroxylation is 1. The molecule has 0 saturated heterocycles. The number of aromatic nitrogens is 3. The normalized spacial score (nSPS) is 12.4. The second-order valence-corrected chi connectivity index (χ2v) is 24.6. The topological polar surface area (TPSA) is 43.9 Å². The molecule has 3 aromatic heterocycles. The van der Waals surface area contributed by atoms with Crippen LogP contribution in [0.15, 0.2) is 156 Å². The molecular weight excluding hydrogens is 887 g/mol. The van der Waals surface area contributed by atoms with Crippen molar-refractivity contribution in [3.8, 4) is 33.8 Å². The van der Waals surface area contributed by atoms with E-state index >= 15 is 0 Å². The molecule has 6 heteroatoms. The van der Waals surface area contributed by atoms with Gasteiger partial charge in [0.1, 0.15) is 5.58 Å². The van der Waals surface area contributed by atoms with Crippen LogP contribution < -0.4 is 4.40 Å². The van der Waals surface area contributed by atoms with E-state index in [1.165, 1.54) is 9.96 Å². The third-order valence-electron chi connectivity index (χ3n) is 9.33. The summed E-state index contributed by atoms with van der Waals surface area (Å²) in [5, 5.41) is 1.97. The number of imidazole rings is 1. The molecule has 0 atom stereocenters. The standard InChI is InChI=1S/C33H23N2O.C14H16GeN.Ir/c1-22-17-19-24(20-18-22)25-11-7-12-26-27-13-8-14-28(32(27)36-31(25)26)33-34-29-15-5-6-16-30(29)35(33)21-23-9-3-2-4-10-23;1-15(2,3)13-9-10-14(16-11-13)12-7-5-4-6-8-12;/h2-13,15-20H,21H2,1H3;4-7,9-11H,1-3H3;/q2*-1;/i1D3;;. The van der Waals surface area contributed by atoms with E-state index in [1.807, 2.05) is 103 Å². The molecule has 6 aromatic carbocycles. The molecule has 1 radical (unpaired) electrons. The molecule has 0 aliphatic rings. The fraction of sp³-hybridized carbons (Fsp3) is 0.106. The quantitative estimate of drug-likeness (QED) is 0.123. The van der Waals surface area contributed by atoms with Gasteiger partial charge in [0, 0.05) is 41.7 Å². The Morgan fingerprint density at radius 3 is 2.23 bits per heavy atom. The minimum atomic E-state index is -2.14. The Kier molecular flexibility index (Phi) is 9.52. The summed E-state index contributed by atoms with van der Waals surface area (Å²) in [7, 11) is 0. The zero-order chi connectivity index (χ0) is 38.2. The fourth-order valence-electron chi connectivity index (χ4n) is 6.55. The second-order valence-electron chi connectivity index (χ2n) is 13.9. The molecule has 9 aromatic rings. The molecule has 0 unspecified atom stereocenters. The third kappa shape index (κ3) is 7.56. The molecule has 53 heavy (non-hydrogen) atoms. The zero-order valence-corrected chi connectivity index (χ0v) is 34.2. The maximum absolute atomic E-state index is 7.69. The monoisotopic (exact) mass is 931 g/mol. The Morgan fingerprint density at radius 2 is 1.49 bits per heavy atom. The second kappa shape index (κ2) is 15.5. The first kappa shape index (κ1) is 32.6. The first-order valence-electron chi connectivity index (χ1n) is 18.9. The maximum atomic E-state index is 7.69. The van der Waals surface area contributed by atoms with Gasteiger partial charge in [0.05, 0.1) is 22.4 Å². The first-order valence-corrected chi connectivity index (χ1v) is 24.8. The van der Waals surface area contributed by atoms with E-state index in [0.29, 0.717) is 12.1 Å². The first-order chi connectivity index (χ1) is 26.5. The van der Waals surface area contributed by atoms with Crippen LogP contribution in [0, 0.1) is 19.0 Å². The van der Waals surface area contributed by atoms with Crippen LogP contribution >= 0.6 is 0 Å². The molecule has 0 fully saturated rings. The summed E-state index contributed by atoms with van der Waals surface area (Å²) in [5.41, 5.74) is 9.63. The summed E-state index contributed by atoms with van der Waals surface area (Å²) in [4.78, 5) is 9.56. The van der Waals surface area contributed by atoms with Crippen molar-refractivity contribution < 1.29 is 28.6 Å². The predicted octanol–water partition coefficient (Wildman–Crippen LogP) is 11.5. The van der Waals surface area contributed by atoms with Crippen LogP contribution in [0.1, 0.15) is 15.2 Å². The van der Waals surface area contributed by atoms with Crippen molar-refractivity contribution in [1.29, 1.82) is 0 Å². The Labute approximate surface area is 331 Å². The maximum Gasteiger partial charge on any atom is 0 e. The summed E-state index contributed by atoms with van der Waals surface area (Å²) >= 11 is -1.72. The van der Waals surface area contributed by atoms with Crippen LogP contribution in [0.2, 0.25) is 17.3 Å². The van der Waals surface area contributed by atoms with Crippen LogP contribution in [0.5, 0.6) is 0 Å². The smallest absolute Gasteiger partial charge is 0 e. The SMILES string of the molecule is [2H]C([2H])([2H])c1ccc(-c2cccc3c2oc2c(-c4nc5ccccc5n4Cc4ccccc4)[c-]ccc23)cc1.[CH3][Ge]([CH3])([CH3])[c]1ccc(-c2[c-]cccc2)nc1.[Ir]. The van der Waals surface area contributed by atoms with E-state index in [0.717, 1.165) is 66.7 Å². The molecule has 3 heterocycles. The van der Waals surface area contributed by atoms with E-state index in [2.05, 4.69) is 75.4 Å². The van der Waals surface area contributed by atoms with Crippen molar-refractivity contribution in [3.05, 3.63) is 175 Å². The average Bonchev–Trinajstić information content (AvgIpc) is 3.77. The van der Waals surface area contributed by atoms with Crippen molar-refractivity contribution in [2.24, 2.45) is 0 Å². The van der Waals surface area contributed by atoms with Gasteiger partial charge in [-0.1, -0.05) is 101 Å². The molecule has 0 saturated carbocycles. The van der Waals surface area contributed by atoms with Gasteiger partial charge in [0.25, 0.3) is 0 Å². The number of fused-ring (bicyclic) bond motifs is 4. The number of pyridine rings is 1. The van der Waals surface area contributed by atoms with Crippen molar-refractivity contribution in [2.45, 2.75) is 30.7 Å².